The number of aromatic nitrogens is 4. The molecule has 5 nitrogen and oxygen atoms in total. The average Bonchev–Trinajstić information content (AvgIpc) is 2.80. The number of hydrogen-bond donors (Lipinski definition) is 1. The summed E-state index contributed by atoms with van der Waals surface area (Å²) in [6.45, 7) is 2.98. The van der Waals surface area contributed by atoms with Crippen LogP contribution in [0.15, 0.2) is 0 Å². The van der Waals surface area contributed by atoms with E-state index in [1.54, 1.807) is 7.05 Å². The minimum absolute atomic E-state index is 0.00410. The first-order valence-corrected chi connectivity index (χ1v) is 7.34. The van der Waals surface area contributed by atoms with Crippen molar-refractivity contribution in [3.8, 4) is 0 Å². The molecule has 0 spiro atoms. The summed E-state index contributed by atoms with van der Waals surface area (Å²) in [6.07, 6.45) is 2.80. The minimum atomic E-state index is -2.48. The third kappa shape index (κ3) is 4.19. The monoisotopic (exact) mass is 287 g/mol. The molecule has 114 valence electrons. The van der Waals surface area contributed by atoms with Gasteiger partial charge >= 0.3 is 0 Å². The van der Waals surface area contributed by atoms with Gasteiger partial charge in [-0.3, -0.25) is 0 Å². The van der Waals surface area contributed by atoms with E-state index in [1.807, 2.05) is 0 Å². The van der Waals surface area contributed by atoms with Gasteiger partial charge in [0.05, 0.1) is 7.05 Å². The van der Waals surface area contributed by atoms with Crippen LogP contribution in [0.25, 0.3) is 0 Å². The molecule has 1 aliphatic carbocycles. The summed E-state index contributed by atoms with van der Waals surface area (Å²) in [6, 6.07) is 0.162. The second-order valence-corrected chi connectivity index (χ2v) is 5.65. The molecule has 1 aromatic rings. The number of nitrogens with one attached hydrogen (secondary N) is 1. The van der Waals surface area contributed by atoms with Crippen LogP contribution in [-0.2, 0) is 13.5 Å². The van der Waals surface area contributed by atoms with Gasteiger partial charge < -0.3 is 5.32 Å². The van der Waals surface area contributed by atoms with E-state index in [0.29, 0.717) is 25.1 Å². The van der Waals surface area contributed by atoms with E-state index in [4.69, 9.17) is 0 Å². The minimum Gasteiger partial charge on any atom is -0.313 e. The van der Waals surface area contributed by atoms with E-state index in [1.165, 1.54) is 4.80 Å². The number of tetrazole rings is 1. The van der Waals surface area contributed by atoms with Crippen LogP contribution in [0.1, 0.15) is 44.9 Å². The van der Waals surface area contributed by atoms with Crippen LogP contribution in [-0.4, -0.2) is 38.7 Å². The first-order valence-electron chi connectivity index (χ1n) is 7.34. The highest BCUT2D eigenvalue weighted by Crippen LogP contribution is 2.37. The summed E-state index contributed by atoms with van der Waals surface area (Å²) in [5, 5.41) is 15.5. The maximum atomic E-state index is 13.3. The number of hydrogen-bond acceptors (Lipinski definition) is 4. The van der Waals surface area contributed by atoms with Gasteiger partial charge in [-0.05, 0) is 36.9 Å². The van der Waals surface area contributed by atoms with Gasteiger partial charge in [0, 0.05) is 25.3 Å². The number of halogens is 2. The van der Waals surface area contributed by atoms with Crippen LogP contribution in [0, 0.1) is 5.92 Å². The number of rotatable bonds is 6. The van der Waals surface area contributed by atoms with E-state index in [2.05, 4.69) is 27.7 Å². The van der Waals surface area contributed by atoms with Gasteiger partial charge in [0.25, 0.3) is 0 Å². The van der Waals surface area contributed by atoms with Crippen molar-refractivity contribution in [3.05, 3.63) is 5.82 Å². The molecule has 0 bridgehead atoms. The molecule has 1 saturated carbocycles. The molecule has 20 heavy (non-hydrogen) atoms. The second kappa shape index (κ2) is 6.56. The van der Waals surface area contributed by atoms with E-state index in [0.717, 1.165) is 13.0 Å². The van der Waals surface area contributed by atoms with Crippen molar-refractivity contribution < 1.29 is 8.78 Å². The molecule has 0 saturated heterocycles. The van der Waals surface area contributed by atoms with Crippen molar-refractivity contribution in [1.82, 2.24) is 25.5 Å². The largest absolute Gasteiger partial charge is 0.313 e. The Morgan fingerprint density at radius 2 is 2.10 bits per heavy atom. The molecule has 1 atom stereocenters. The summed E-state index contributed by atoms with van der Waals surface area (Å²) < 4.78 is 26.5. The molecule has 7 heteroatoms. The molecule has 1 unspecified atom stereocenters. The van der Waals surface area contributed by atoms with Crippen molar-refractivity contribution in [2.24, 2.45) is 13.0 Å². The normalized spacial score (nSPS) is 21.0. The number of alkyl halides is 2. The zero-order valence-electron chi connectivity index (χ0n) is 12.1. The van der Waals surface area contributed by atoms with Gasteiger partial charge in [0.1, 0.15) is 0 Å². The predicted octanol–water partition coefficient (Wildman–Crippen LogP) is 1.95. The van der Waals surface area contributed by atoms with Gasteiger partial charge in [-0.25, -0.2) is 8.78 Å². The molecule has 1 aromatic heterocycles. The lowest BCUT2D eigenvalue weighted by atomic mass is 9.81. The zero-order valence-corrected chi connectivity index (χ0v) is 12.1. The van der Waals surface area contributed by atoms with Crippen molar-refractivity contribution in [1.29, 1.82) is 0 Å². The Morgan fingerprint density at radius 1 is 1.40 bits per heavy atom. The fourth-order valence-electron chi connectivity index (χ4n) is 2.80. The van der Waals surface area contributed by atoms with Crippen LogP contribution < -0.4 is 5.32 Å². The van der Waals surface area contributed by atoms with Crippen molar-refractivity contribution in [3.63, 3.8) is 0 Å². The maximum Gasteiger partial charge on any atom is 0.248 e. The Hall–Kier alpha value is -1.11. The smallest absolute Gasteiger partial charge is 0.248 e. The summed E-state index contributed by atoms with van der Waals surface area (Å²) in [4.78, 5) is 1.43. The molecular formula is C13H23F2N5. The lowest BCUT2D eigenvalue weighted by Gasteiger charge is -2.33. The first kappa shape index (κ1) is 15.3. The first-order chi connectivity index (χ1) is 9.50. The quantitative estimate of drug-likeness (QED) is 0.869. The fraction of sp³-hybridized carbons (Fsp3) is 0.923. The van der Waals surface area contributed by atoms with Crippen LogP contribution in [0.5, 0.6) is 0 Å². The van der Waals surface area contributed by atoms with E-state index in [9.17, 15) is 8.78 Å². The van der Waals surface area contributed by atoms with E-state index < -0.39 is 5.92 Å². The molecule has 0 radical (unpaired) electrons. The highest BCUT2D eigenvalue weighted by molar-refractivity contribution is 4.91. The number of nitrogens with zero attached hydrogens (tertiary/aromatic N) is 4. The molecule has 2 rings (SSSR count). The maximum absolute atomic E-state index is 13.3. The van der Waals surface area contributed by atoms with Crippen LogP contribution in [0.3, 0.4) is 0 Å². The molecule has 0 amide bonds. The Balaban J connectivity index is 1.96. The van der Waals surface area contributed by atoms with E-state index in [-0.39, 0.29) is 24.8 Å². The molecule has 1 heterocycles. The topological polar surface area (TPSA) is 55.6 Å². The number of aryl methyl sites for hydroxylation is 1. The Morgan fingerprint density at radius 3 is 2.65 bits per heavy atom. The van der Waals surface area contributed by atoms with Crippen LogP contribution in [0.2, 0.25) is 0 Å². The van der Waals surface area contributed by atoms with Crippen molar-refractivity contribution >= 4 is 0 Å². The molecule has 1 fully saturated rings. The SMILES string of the molecule is CCCNC(Cc1nnn(C)n1)C1CCC(F)(F)CC1. The molecule has 0 aromatic carbocycles. The van der Waals surface area contributed by atoms with E-state index >= 15 is 0 Å². The third-order valence-corrected chi connectivity index (χ3v) is 3.94. The lowest BCUT2D eigenvalue weighted by Crippen LogP contribution is -2.42. The Labute approximate surface area is 118 Å². The van der Waals surface area contributed by atoms with Crippen molar-refractivity contribution in [2.45, 2.75) is 57.4 Å². The molecule has 1 aliphatic rings. The highest BCUT2D eigenvalue weighted by Gasteiger charge is 2.37. The predicted molar refractivity (Wildman–Crippen MR) is 71.5 cm³/mol. The average molecular weight is 287 g/mol. The Kier molecular flexibility index (Phi) is 5.01. The van der Waals surface area contributed by atoms with Crippen LogP contribution >= 0.6 is 0 Å². The highest BCUT2D eigenvalue weighted by atomic mass is 19.3. The van der Waals surface area contributed by atoms with Gasteiger partial charge in [-0.15, -0.1) is 10.2 Å². The zero-order chi connectivity index (χ0) is 14.6. The third-order valence-electron chi connectivity index (χ3n) is 3.94. The molecular weight excluding hydrogens is 264 g/mol. The standard InChI is InChI=1S/C13H23F2N5/c1-3-8-16-11(9-12-17-19-20(2)18-12)10-4-6-13(14,15)7-5-10/h10-11,16H,3-9H2,1-2H3. The fourth-order valence-corrected chi connectivity index (χ4v) is 2.80. The second-order valence-electron chi connectivity index (χ2n) is 5.65. The lowest BCUT2D eigenvalue weighted by molar-refractivity contribution is -0.0495. The van der Waals surface area contributed by atoms with Crippen LogP contribution in [0.4, 0.5) is 8.78 Å². The summed E-state index contributed by atoms with van der Waals surface area (Å²) in [5.74, 6) is -1.53. The summed E-state index contributed by atoms with van der Waals surface area (Å²) >= 11 is 0. The van der Waals surface area contributed by atoms with Crippen molar-refractivity contribution in [2.75, 3.05) is 6.54 Å². The van der Waals surface area contributed by atoms with Gasteiger partial charge in [0.15, 0.2) is 5.82 Å². The molecule has 1 N–H and O–H groups in total. The Bertz CT molecular complexity index is 411. The summed E-state index contributed by atoms with van der Waals surface area (Å²) in [5.41, 5.74) is 0. The molecule has 0 aliphatic heterocycles. The van der Waals surface area contributed by atoms with Gasteiger partial charge in [-0.1, -0.05) is 6.92 Å². The van der Waals surface area contributed by atoms with Gasteiger partial charge in [-0.2, -0.15) is 4.80 Å². The summed E-state index contributed by atoms with van der Waals surface area (Å²) in [7, 11) is 1.73. The van der Waals surface area contributed by atoms with Gasteiger partial charge in [0.2, 0.25) is 5.92 Å².